The van der Waals surface area contributed by atoms with Gasteiger partial charge >= 0.3 is 0 Å². The highest BCUT2D eigenvalue weighted by molar-refractivity contribution is 5.80. The Morgan fingerprint density at radius 2 is 1.96 bits per heavy atom. The molecule has 2 fully saturated rings. The number of nitrogens with zero attached hydrogens (tertiary/aromatic N) is 3. The van der Waals surface area contributed by atoms with Crippen molar-refractivity contribution >= 4 is 22.8 Å². The van der Waals surface area contributed by atoms with E-state index < -0.39 is 0 Å². The fraction of sp³-hybridized carbons (Fsp3) is 0.526. The van der Waals surface area contributed by atoms with Crippen LogP contribution in [0.5, 0.6) is 0 Å². The first-order valence-corrected chi connectivity index (χ1v) is 9.14. The molecule has 2 aromatic rings. The molecule has 6 nitrogen and oxygen atoms in total. The highest BCUT2D eigenvalue weighted by Crippen LogP contribution is 2.23. The molecule has 0 radical (unpaired) electrons. The molecular weight excluding hydrogens is 316 g/mol. The van der Waals surface area contributed by atoms with E-state index in [2.05, 4.69) is 15.2 Å². The molecule has 1 unspecified atom stereocenters. The minimum Gasteiger partial charge on any atom is -0.381 e. The first-order valence-electron chi connectivity index (χ1n) is 9.14. The second-order valence-electron chi connectivity index (χ2n) is 6.90. The van der Waals surface area contributed by atoms with Crippen molar-refractivity contribution in [2.24, 2.45) is 5.92 Å². The van der Waals surface area contributed by atoms with Crippen LogP contribution in [0.2, 0.25) is 0 Å². The average Bonchev–Trinajstić information content (AvgIpc) is 2.68. The molecule has 1 aromatic heterocycles. The molecule has 0 spiro atoms. The first-order chi connectivity index (χ1) is 12.3. The Morgan fingerprint density at radius 1 is 1.16 bits per heavy atom. The minimum atomic E-state index is 0.0184. The van der Waals surface area contributed by atoms with E-state index in [1.54, 1.807) is 0 Å². The summed E-state index contributed by atoms with van der Waals surface area (Å²) in [4.78, 5) is 24.1. The maximum Gasteiger partial charge on any atom is 0.225 e. The van der Waals surface area contributed by atoms with Crippen LogP contribution in [0.1, 0.15) is 25.7 Å². The Hall–Kier alpha value is -2.21. The third-order valence-electron chi connectivity index (χ3n) is 5.12. The van der Waals surface area contributed by atoms with Gasteiger partial charge in [0.1, 0.15) is 5.82 Å². The standard InChI is InChI=1S/C19H24N4O2/c24-19(21-15-7-10-25-11-8-15)14-4-3-9-23(13-14)18-12-20-16-5-1-2-6-17(16)22-18/h1-2,5-6,12,14-15H,3-4,7-11,13H2,(H,21,24). The number of piperidine rings is 1. The zero-order valence-corrected chi connectivity index (χ0v) is 14.4. The van der Waals surface area contributed by atoms with Gasteiger partial charge in [0.25, 0.3) is 0 Å². The van der Waals surface area contributed by atoms with Crippen LogP contribution in [0, 0.1) is 5.92 Å². The third-order valence-corrected chi connectivity index (χ3v) is 5.12. The van der Waals surface area contributed by atoms with Gasteiger partial charge in [0.15, 0.2) is 0 Å². The summed E-state index contributed by atoms with van der Waals surface area (Å²) < 4.78 is 5.36. The minimum absolute atomic E-state index is 0.0184. The van der Waals surface area contributed by atoms with E-state index in [0.29, 0.717) is 6.54 Å². The van der Waals surface area contributed by atoms with Crippen LogP contribution in [0.25, 0.3) is 11.0 Å². The van der Waals surface area contributed by atoms with Crippen molar-refractivity contribution in [1.82, 2.24) is 15.3 Å². The number of rotatable bonds is 3. The molecule has 2 aliphatic heterocycles. The lowest BCUT2D eigenvalue weighted by Crippen LogP contribution is -2.47. The van der Waals surface area contributed by atoms with Gasteiger partial charge in [-0.15, -0.1) is 0 Å². The number of amides is 1. The molecule has 1 N–H and O–H groups in total. The maximum absolute atomic E-state index is 12.6. The van der Waals surface area contributed by atoms with E-state index in [-0.39, 0.29) is 17.9 Å². The van der Waals surface area contributed by atoms with Gasteiger partial charge in [0, 0.05) is 32.3 Å². The molecule has 0 bridgehead atoms. The topological polar surface area (TPSA) is 67.3 Å². The summed E-state index contributed by atoms with van der Waals surface area (Å²) in [7, 11) is 0. The van der Waals surface area contributed by atoms with Gasteiger partial charge in [0.2, 0.25) is 5.91 Å². The largest absolute Gasteiger partial charge is 0.381 e. The fourth-order valence-corrected chi connectivity index (χ4v) is 3.66. The summed E-state index contributed by atoms with van der Waals surface area (Å²) in [5, 5.41) is 3.21. The number of benzene rings is 1. The third kappa shape index (κ3) is 3.74. The van der Waals surface area contributed by atoms with Crippen LogP contribution >= 0.6 is 0 Å². The number of hydrogen-bond acceptors (Lipinski definition) is 5. The van der Waals surface area contributed by atoms with E-state index in [9.17, 15) is 4.79 Å². The molecule has 2 aliphatic rings. The number of ether oxygens (including phenoxy) is 1. The molecule has 4 rings (SSSR count). The summed E-state index contributed by atoms with van der Waals surface area (Å²) in [6.45, 7) is 3.12. The average molecular weight is 340 g/mol. The van der Waals surface area contributed by atoms with Gasteiger partial charge in [0.05, 0.1) is 23.1 Å². The summed E-state index contributed by atoms with van der Waals surface area (Å²) >= 11 is 0. The van der Waals surface area contributed by atoms with Crippen LogP contribution in [0.15, 0.2) is 30.5 Å². The molecule has 25 heavy (non-hydrogen) atoms. The number of fused-ring (bicyclic) bond motifs is 1. The van der Waals surface area contributed by atoms with Crippen molar-refractivity contribution in [3.8, 4) is 0 Å². The van der Waals surface area contributed by atoms with Gasteiger partial charge in [-0.1, -0.05) is 12.1 Å². The number of nitrogens with one attached hydrogen (secondary N) is 1. The second-order valence-corrected chi connectivity index (χ2v) is 6.90. The monoisotopic (exact) mass is 340 g/mol. The molecule has 2 saturated heterocycles. The molecule has 132 valence electrons. The molecular formula is C19H24N4O2. The number of aromatic nitrogens is 2. The quantitative estimate of drug-likeness (QED) is 0.927. The highest BCUT2D eigenvalue weighted by Gasteiger charge is 2.28. The number of carbonyl (C=O) groups is 1. The summed E-state index contributed by atoms with van der Waals surface area (Å²) in [5.74, 6) is 1.05. The molecule has 3 heterocycles. The summed E-state index contributed by atoms with van der Waals surface area (Å²) in [6.07, 6.45) is 5.59. The SMILES string of the molecule is O=C(NC1CCOCC1)C1CCCN(c2cnc3ccccc3n2)C1. The van der Waals surface area contributed by atoms with Gasteiger partial charge < -0.3 is 15.0 Å². The van der Waals surface area contributed by atoms with E-state index >= 15 is 0 Å². The highest BCUT2D eigenvalue weighted by atomic mass is 16.5. The summed E-state index contributed by atoms with van der Waals surface area (Å²) in [5.41, 5.74) is 1.80. The Bertz CT molecular complexity index is 745. The lowest BCUT2D eigenvalue weighted by Gasteiger charge is -2.34. The number of carbonyl (C=O) groups excluding carboxylic acids is 1. The lowest BCUT2D eigenvalue weighted by molar-refractivity contribution is -0.126. The summed E-state index contributed by atoms with van der Waals surface area (Å²) in [6, 6.07) is 8.14. The van der Waals surface area contributed by atoms with Crippen LogP contribution in [-0.2, 0) is 9.53 Å². The van der Waals surface area contributed by atoms with Gasteiger partial charge in [-0.25, -0.2) is 4.98 Å². The number of anilines is 1. The van der Waals surface area contributed by atoms with E-state index in [0.717, 1.165) is 62.3 Å². The van der Waals surface area contributed by atoms with E-state index in [1.807, 2.05) is 30.5 Å². The van der Waals surface area contributed by atoms with Crippen molar-refractivity contribution in [2.75, 3.05) is 31.2 Å². The predicted octanol–water partition coefficient (Wildman–Crippen LogP) is 2.14. The Morgan fingerprint density at radius 3 is 2.80 bits per heavy atom. The fourth-order valence-electron chi connectivity index (χ4n) is 3.66. The normalized spacial score (nSPS) is 22.1. The van der Waals surface area contributed by atoms with E-state index in [4.69, 9.17) is 9.72 Å². The predicted molar refractivity (Wildman–Crippen MR) is 96.5 cm³/mol. The Balaban J connectivity index is 1.43. The van der Waals surface area contributed by atoms with Crippen molar-refractivity contribution < 1.29 is 9.53 Å². The van der Waals surface area contributed by atoms with Gasteiger partial charge in [-0.05, 0) is 37.8 Å². The van der Waals surface area contributed by atoms with Crippen LogP contribution < -0.4 is 10.2 Å². The Labute approximate surface area is 147 Å². The van der Waals surface area contributed by atoms with E-state index in [1.165, 1.54) is 0 Å². The van der Waals surface area contributed by atoms with Gasteiger partial charge in [-0.2, -0.15) is 0 Å². The molecule has 6 heteroatoms. The molecule has 1 amide bonds. The Kier molecular flexibility index (Phi) is 4.78. The molecule has 0 saturated carbocycles. The first kappa shape index (κ1) is 16.3. The van der Waals surface area contributed by atoms with Crippen LogP contribution in [0.4, 0.5) is 5.82 Å². The van der Waals surface area contributed by atoms with Gasteiger partial charge in [-0.3, -0.25) is 9.78 Å². The van der Waals surface area contributed by atoms with Crippen molar-refractivity contribution in [3.63, 3.8) is 0 Å². The van der Waals surface area contributed by atoms with Crippen LogP contribution in [-0.4, -0.2) is 48.2 Å². The van der Waals surface area contributed by atoms with Crippen molar-refractivity contribution in [1.29, 1.82) is 0 Å². The maximum atomic E-state index is 12.6. The molecule has 0 aliphatic carbocycles. The zero-order valence-electron chi connectivity index (χ0n) is 14.4. The molecule has 1 atom stereocenters. The number of para-hydroxylation sites is 2. The zero-order chi connectivity index (χ0) is 17.1. The smallest absolute Gasteiger partial charge is 0.225 e. The lowest BCUT2D eigenvalue weighted by atomic mass is 9.96. The van der Waals surface area contributed by atoms with Crippen molar-refractivity contribution in [3.05, 3.63) is 30.5 Å². The second kappa shape index (κ2) is 7.35. The number of hydrogen-bond donors (Lipinski definition) is 1. The molecule has 1 aromatic carbocycles. The van der Waals surface area contributed by atoms with Crippen molar-refractivity contribution in [2.45, 2.75) is 31.7 Å². The van der Waals surface area contributed by atoms with Crippen LogP contribution in [0.3, 0.4) is 0 Å².